The molecule has 95 heavy (non-hydrogen) atoms. The van der Waals surface area contributed by atoms with E-state index in [1.165, 1.54) is 22.3 Å². The fourth-order valence-electron chi connectivity index (χ4n) is 11.3. The van der Waals surface area contributed by atoms with Gasteiger partial charge >= 0.3 is 0 Å². The molecule has 9 N–H and O–H groups in total. The van der Waals surface area contributed by atoms with E-state index in [-0.39, 0.29) is 21.7 Å². The summed E-state index contributed by atoms with van der Waals surface area (Å²) in [7, 11) is 0. The van der Waals surface area contributed by atoms with Crippen LogP contribution in [0.3, 0.4) is 0 Å². The van der Waals surface area contributed by atoms with E-state index in [0.29, 0.717) is 0 Å². The summed E-state index contributed by atoms with van der Waals surface area (Å²) in [5, 5.41) is 11.0. The van der Waals surface area contributed by atoms with Gasteiger partial charge in [0.2, 0.25) is 0 Å². The Labute approximate surface area is 573 Å². The van der Waals surface area contributed by atoms with Gasteiger partial charge in [-0.1, -0.05) is 220 Å². The van der Waals surface area contributed by atoms with Gasteiger partial charge in [-0.2, -0.15) is 0 Å². The maximum atomic E-state index is 6.00. The van der Waals surface area contributed by atoms with Crippen LogP contribution in [0.5, 0.6) is 0 Å². The molecule has 12 rings (SSSR count). The first-order valence-corrected chi connectivity index (χ1v) is 33.5. The van der Waals surface area contributed by atoms with Gasteiger partial charge in [0.1, 0.15) is 0 Å². The normalized spacial score (nSPS) is 11.5. The Morgan fingerprint density at radius 1 is 0.211 bits per heavy atom. The van der Waals surface area contributed by atoms with Crippen molar-refractivity contribution < 1.29 is 0 Å². The summed E-state index contributed by atoms with van der Waals surface area (Å²) in [4.78, 5) is 0. The largest absolute Gasteiger partial charge is 0.399 e. The summed E-state index contributed by atoms with van der Waals surface area (Å²) in [6, 6.07) is 98.2. The van der Waals surface area contributed by atoms with Crippen molar-refractivity contribution in [2.45, 2.75) is 105 Å². The fraction of sp³-hybridized carbons (Fsp3) is 0.182. The maximum Gasteiger partial charge on any atom is 0.0390 e. The Hall–Kier alpha value is -10.1. The second-order valence-corrected chi connectivity index (χ2v) is 29.7. The maximum absolute atomic E-state index is 6.00. The van der Waals surface area contributed by atoms with Crippen LogP contribution >= 0.6 is 15.9 Å². The Morgan fingerprint density at radius 2 is 0.411 bits per heavy atom. The van der Waals surface area contributed by atoms with Crippen LogP contribution in [0.4, 0.5) is 51.2 Å². The Balaban J connectivity index is 0.000000211. The first-order chi connectivity index (χ1) is 45.1. The van der Waals surface area contributed by atoms with Gasteiger partial charge in [-0.3, -0.25) is 0 Å². The Morgan fingerprint density at radius 3 is 0.621 bits per heavy atom. The molecule has 7 heteroatoms. The molecule has 0 atom stereocenters. The minimum Gasteiger partial charge on any atom is -0.399 e. The lowest BCUT2D eigenvalue weighted by atomic mass is 9.87. The summed E-state index contributed by atoms with van der Waals surface area (Å²) >= 11 is 3.41. The van der Waals surface area contributed by atoms with Gasteiger partial charge in [0.05, 0.1) is 0 Å². The van der Waals surface area contributed by atoms with Gasteiger partial charge in [-0.15, -0.1) is 0 Å². The highest BCUT2D eigenvalue weighted by Gasteiger charge is 2.18. The number of nitrogen functional groups attached to an aromatic ring is 3. The number of rotatable bonds is 12. The van der Waals surface area contributed by atoms with Crippen molar-refractivity contribution in [3.05, 3.63) is 306 Å². The van der Waals surface area contributed by atoms with Crippen molar-refractivity contribution in [2.75, 3.05) is 33.2 Å². The van der Waals surface area contributed by atoms with Crippen LogP contribution in [0.2, 0.25) is 0 Å². The molecule has 0 spiro atoms. The highest BCUT2D eigenvalue weighted by atomic mass is 79.9. The first-order valence-electron chi connectivity index (χ1n) is 32.7. The van der Waals surface area contributed by atoms with Crippen molar-refractivity contribution in [3.8, 4) is 66.8 Å². The summed E-state index contributed by atoms with van der Waals surface area (Å²) in [6.07, 6.45) is 0. The van der Waals surface area contributed by atoms with Gasteiger partial charge in [0.15, 0.2) is 0 Å². The lowest BCUT2D eigenvalue weighted by Gasteiger charge is -2.19. The lowest BCUT2D eigenvalue weighted by Crippen LogP contribution is -2.10. The summed E-state index contributed by atoms with van der Waals surface area (Å²) in [5.41, 5.74) is 46.0. The second-order valence-electron chi connectivity index (χ2n) is 28.8. The summed E-state index contributed by atoms with van der Waals surface area (Å²) < 4.78 is 1.14. The number of anilines is 9. The molecule has 0 aliphatic heterocycles. The van der Waals surface area contributed by atoms with Crippen molar-refractivity contribution in [1.29, 1.82) is 0 Å². The molecule has 0 aromatic heterocycles. The van der Waals surface area contributed by atoms with Crippen molar-refractivity contribution in [2.24, 2.45) is 0 Å². The molecule has 0 radical (unpaired) electrons. The van der Waals surface area contributed by atoms with E-state index in [1.807, 2.05) is 54.6 Å². The van der Waals surface area contributed by atoms with Gasteiger partial charge in [-0.05, 0) is 268 Å². The summed E-state index contributed by atoms with van der Waals surface area (Å²) in [6.45, 7) is 26.9. The highest BCUT2D eigenvalue weighted by molar-refractivity contribution is 9.10. The van der Waals surface area contributed by atoms with Crippen molar-refractivity contribution in [1.82, 2.24) is 0 Å². The van der Waals surface area contributed by atoms with E-state index in [9.17, 15) is 0 Å². The molecule has 0 aliphatic rings. The molecular formula is C88H91BrN6. The zero-order valence-electron chi connectivity index (χ0n) is 57.2. The van der Waals surface area contributed by atoms with E-state index in [1.54, 1.807) is 0 Å². The van der Waals surface area contributed by atoms with Crippen molar-refractivity contribution >= 4 is 67.1 Å². The fourth-order valence-corrected chi connectivity index (χ4v) is 11.6. The van der Waals surface area contributed by atoms with Crippen LogP contribution < -0.4 is 33.2 Å². The topological polar surface area (TPSA) is 114 Å². The van der Waals surface area contributed by atoms with E-state index in [0.717, 1.165) is 122 Å². The molecule has 0 bridgehead atoms. The molecule has 12 aromatic rings. The Bertz CT molecular complexity index is 4110. The van der Waals surface area contributed by atoms with Crippen LogP contribution in [-0.2, 0) is 21.7 Å². The molecule has 0 fully saturated rings. The lowest BCUT2D eigenvalue weighted by molar-refractivity contribution is 0.590. The van der Waals surface area contributed by atoms with E-state index >= 15 is 0 Å². The zero-order chi connectivity index (χ0) is 67.7. The third-order valence-electron chi connectivity index (χ3n) is 16.9. The molecular weight excluding hydrogens is 1220 g/mol. The standard InChI is InChI=1S/C54H57N3.C24H21N3.C10H13Br/c1-52(2,3)43-19-25-46(26-20-43)55-49-16-10-13-37(34-49)40-31-41(38-14-11-17-50(35-38)56-47-27-21-44(22-28-47)53(4,5)6)33-42(32-40)39-15-12-18-51(36-39)57-48-29-23-45(24-30-48)54(7,8)9;25-22-7-1-4-16(13-22)19-10-20(17-5-2-8-23(26)14-17)12-21(11-19)18-6-3-9-24(27)15-18;1-10(2,3)8-4-6-9(11)7-5-8/h10-36,55-57H,1-9H3;1-15H,25-27H2;4-7H,1-3H3. The monoisotopic (exact) mass is 1310 g/mol. The van der Waals surface area contributed by atoms with Gasteiger partial charge in [0, 0.05) is 55.7 Å². The SMILES string of the molecule is CC(C)(C)c1ccc(Br)cc1.CC(C)(C)c1ccc(Nc2cccc(-c3cc(-c4cccc(Nc5ccc(C(C)(C)C)cc5)c4)cc(-c4cccc(Nc5ccc(C(C)(C)C)cc5)c4)c3)c2)cc1.Nc1cccc(-c2cc(-c3cccc(N)c3)cc(-c3cccc(N)c3)c2)c1. The third-order valence-corrected chi connectivity index (χ3v) is 17.5. The third kappa shape index (κ3) is 18.6. The smallest absolute Gasteiger partial charge is 0.0390 e. The van der Waals surface area contributed by atoms with Crippen LogP contribution in [-0.4, -0.2) is 0 Å². The number of nitrogens with one attached hydrogen (secondary N) is 3. The minimum absolute atomic E-state index is 0.113. The van der Waals surface area contributed by atoms with Crippen LogP contribution in [0.15, 0.2) is 284 Å². The molecule has 12 aromatic carbocycles. The molecule has 0 heterocycles. The molecule has 0 aliphatic carbocycles. The average Bonchev–Trinajstić information content (AvgIpc) is 0.819. The minimum atomic E-state index is 0.113. The van der Waals surface area contributed by atoms with Gasteiger partial charge < -0.3 is 33.2 Å². The zero-order valence-corrected chi connectivity index (χ0v) is 58.8. The molecule has 0 amide bonds. The number of hydrogen-bond donors (Lipinski definition) is 6. The average molecular weight is 1310 g/mol. The van der Waals surface area contributed by atoms with Gasteiger partial charge in [0.25, 0.3) is 0 Å². The van der Waals surface area contributed by atoms with Gasteiger partial charge in [-0.25, -0.2) is 0 Å². The molecule has 480 valence electrons. The van der Waals surface area contributed by atoms with E-state index in [4.69, 9.17) is 17.2 Å². The first kappa shape index (κ1) is 67.8. The van der Waals surface area contributed by atoms with Crippen LogP contribution in [0.1, 0.15) is 105 Å². The number of hydrogen-bond acceptors (Lipinski definition) is 6. The van der Waals surface area contributed by atoms with Crippen LogP contribution in [0.25, 0.3) is 66.8 Å². The van der Waals surface area contributed by atoms with E-state index in [2.05, 4.69) is 339 Å². The number of nitrogens with two attached hydrogens (primary N) is 3. The number of benzene rings is 12. The second kappa shape index (κ2) is 29.1. The van der Waals surface area contributed by atoms with E-state index < -0.39 is 0 Å². The molecule has 0 unspecified atom stereocenters. The number of halogens is 1. The molecule has 0 saturated carbocycles. The van der Waals surface area contributed by atoms with Crippen molar-refractivity contribution in [3.63, 3.8) is 0 Å². The molecule has 6 nitrogen and oxygen atoms in total. The predicted molar refractivity (Wildman–Crippen MR) is 417 cm³/mol. The predicted octanol–water partition coefficient (Wildman–Crippen LogP) is 25.0. The Kier molecular flexibility index (Phi) is 20.7. The highest BCUT2D eigenvalue weighted by Crippen LogP contribution is 2.39. The summed E-state index contributed by atoms with van der Waals surface area (Å²) in [5.74, 6) is 0. The molecule has 0 saturated heterocycles. The quantitative estimate of drug-likeness (QED) is 0.0680. The van der Waals surface area contributed by atoms with Crippen LogP contribution in [0, 0.1) is 0 Å².